The molecule has 0 aliphatic carbocycles. The van der Waals surface area contributed by atoms with Crippen LogP contribution in [0.2, 0.25) is 0 Å². The van der Waals surface area contributed by atoms with E-state index in [1.54, 1.807) is 0 Å². The minimum absolute atomic E-state index is 0.143. The first-order valence-corrected chi connectivity index (χ1v) is 14.2. The van der Waals surface area contributed by atoms with Crippen molar-refractivity contribution in [2.24, 2.45) is 0 Å². The molecule has 6 aliphatic rings. The molecule has 2 aromatic rings. The van der Waals surface area contributed by atoms with Crippen molar-refractivity contribution >= 4 is 0 Å². The fourth-order valence-electron chi connectivity index (χ4n) is 6.03. The molecule has 6 heterocycles. The maximum atomic E-state index is 7.86. The summed E-state index contributed by atoms with van der Waals surface area (Å²) in [5.74, 6) is 0. The Labute approximate surface area is 228 Å². The lowest BCUT2D eigenvalue weighted by Crippen LogP contribution is -2.64. The van der Waals surface area contributed by atoms with Crippen LogP contribution in [0.25, 0.3) is 0 Å². The highest BCUT2D eigenvalue weighted by Gasteiger charge is 2.65. The summed E-state index contributed by atoms with van der Waals surface area (Å²) in [5.41, 5.74) is 0.377. The lowest BCUT2D eigenvalue weighted by Gasteiger charge is -2.52. The molecule has 9 nitrogen and oxygen atoms in total. The van der Waals surface area contributed by atoms with Gasteiger partial charge in [-0.05, 0) is 0 Å². The van der Waals surface area contributed by atoms with Gasteiger partial charge < -0.3 is 33.2 Å². The van der Waals surface area contributed by atoms with Gasteiger partial charge in [-0.2, -0.15) is 0 Å². The van der Waals surface area contributed by atoms with E-state index in [2.05, 4.69) is 70.5 Å². The van der Waals surface area contributed by atoms with Crippen LogP contribution in [-0.4, -0.2) is 112 Å². The number of hydrogen-bond acceptors (Lipinski definition) is 9. The number of benzene rings is 2. The summed E-state index contributed by atoms with van der Waals surface area (Å²) in [6.07, 6.45) is 0.411. The molecule has 0 aromatic heterocycles. The van der Waals surface area contributed by atoms with Gasteiger partial charge in [0.05, 0.1) is 64.1 Å². The first kappa shape index (κ1) is 24.8. The molecule has 8 rings (SSSR count). The number of nitrogens with zero attached hydrogens (tertiary/aromatic N) is 2. The second kappa shape index (κ2) is 9.87. The summed E-state index contributed by atoms with van der Waals surface area (Å²) in [6.45, 7) is 7.25. The highest BCUT2D eigenvalue weighted by atomic mass is 16.7. The molecule has 0 spiro atoms. The van der Waals surface area contributed by atoms with E-state index in [1.807, 2.05) is 0 Å². The van der Waals surface area contributed by atoms with Crippen molar-refractivity contribution in [2.45, 2.75) is 48.1 Å². The van der Waals surface area contributed by atoms with Crippen LogP contribution in [0.15, 0.2) is 60.7 Å². The molecular formula is C30H36N2O7. The summed E-state index contributed by atoms with van der Waals surface area (Å²) in [6, 6.07) is 21.1. The van der Waals surface area contributed by atoms with Crippen LogP contribution in [0.4, 0.5) is 0 Å². The molecule has 39 heavy (non-hydrogen) atoms. The van der Waals surface area contributed by atoms with Crippen molar-refractivity contribution in [3.05, 3.63) is 71.8 Å². The Bertz CT molecular complexity index is 1020. The Balaban J connectivity index is 1.29. The van der Waals surface area contributed by atoms with E-state index in [0.29, 0.717) is 13.2 Å². The molecule has 0 saturated carbocycles. The van der Waals surface area contributed by atoms with Crippen molar-refractivity contribution < 1.29 is 33.2 Å². The third kappa shape index (κ3) is 5.16. The van der Waals surface area contributed by atoms with Crippen molar-refractivity contribution in [1.82, 2.24) is 9.80 Å². The zero-order chi connectivity index (χ0) is 25.9. The summed E-state index contributed by atoms with van der Waals surface area (Å²) in [7, 11) is 0. The van der Waals surface area contributed by atoms with Gasteiger partial charge in [-0.15, -0.1) is 0 Å². The molecule has 6 aliphatic heterocycles. The lowest BCUT2D eigenvalue weighted by atomic mass is 9.91. The molecular weight excluding hydrogens is 500 g/mol. The molecule has 8 unspecified atom stereocenters. The summed E-state index contributed by atoms with van der Waals surface area (Å²) in [5, 5.41) is 0. The van der Waals surface area contributed by atoms with Crippen molar-refractivity contribution in [2.75, 3.05) is 65.8 Å². The van der Waals surface area contributed by atoms with Gasteiger partial charge >= 0.3 is 0 Å². The first-order valence-electron chi connectivity index (χ1n) is 14.2. The third-order valence-electron chi connectivity index (χ3n) is 8.47. The van der Waals surface area contributed by atoms with Crippen LogP contribution in [0.3, 0.4) is 0 Å². The zero-order valence-electron chi connectivity index (χ0n) is 22.1. The minimum atomic E-state index is -0.881. The minimum Gasteiger partial charge on any atom is -0.372 e. The monoisotopic (exact) mass is 536 g/mol. The second-order valence-corrected chi connectivity index (χ2v) is 11.5. The zero-order valence-corrected chi connectivity index (χ0v) is 22.1. The number of epoxide rings is 6. The third-order valence-corrected chi connectivity index (χ3v) is 8.47. The van der Waals surface area contributed by atoms with Crippen LogP contribution in [0, 0.1) is 0 Å². The summed E-state index contributed by atoms with van der Waals surface area (Å²) < 4.78 is 43.3. The van der Waals surface area contributed by atoms with Gasteiger partial charge in [0, 0.05) is 37.3 Å². The van der Waals surface area contributed by atoms with Crippen molar-refractivity contribution in [3.63, 3.8) is 0 Å². The van der Waals surface area contributed by atoms with Gasteiger partial charge in [-0.25, -0.2) is 0 Å². The normalized spacial score (nSPS) is 34.8. The highest BCUT2D eigenvalue weighted by Crippen LogP contribution is 2.52. The Morgan fingerprint density at radius 2 is 0.821 bits per heavy atom. The molecule has 0 N–H and O–H groups in total. The number of ether oxygens (including phenoxy) is 7. The van der Waals surface area contributed by atoms with Gasteiger partial charge in [0.1, 0.15) is 12.2 Å². The quantitative estimate of drug-likeness (QED) is 0.235. The van der Waals surface area contributed by atoms with Crippen LogP contribution < -0.4 is 0 Å². The fraction of sp³-hybridized carbons (Fsp3) is 0.600. The smallest absolute Gasteiger partial charge is 0.179 e. The molecule has 2 aromatic carbocycles. The molecule has 0 radical (unpaired) electrons. The van der Waals surface area contributed by atoms with E-state index >= 15 is 0 Å². The van der Waals surface area contributed by atoms with Gasteiger partial charge in [0.25, 0.3) is 0 Å². The number of rotatable bonds is 16. The predicted molar refractivity (Wildman–Crippen MR) is 139 cm³/mol. The van der Waals surface area contributed by atoms with Gasteiger partial charge in [-0.1, -0.05) is 60.7 Å². The summed E-state index contributed by atoms with van der Waals surface area (Å²) >= 11 is 0. The fourth-order valence-corrected chi connectivity index (χ4v) is 6.03. The SMILES string of the molecule is c1ccc(C(OC(c2ccccc2)(C2CO2)N(CC2CO2)CC2CO2)(C2CO2)N(CC2CO2)CC2CO2)cc1. The molecule has 9 heteroatoms. The van der Waals surface area contributed by atoms with E-state index < -0.39 is 11.4 Å². The predicted octanol–water partition coefficient (Wildman–Crippen LogP) is 1.71. The Morgan fingerprint density at radius 3 is 1.08 bits per heavy atom. The van der Waals surface area contributed by atoms with Gasteiger partial charge in [0.2, 0.25) is 0 Å². The number of hydrogen-bond donors (Lipinski definition) is 0. The lowest BCUT2D eigenvalue weighted by molar-refractivity contribution is -0.308. The maximum absolute atomic E-state index is 7.86. The van der Waals surface area contributed by atoms with E-state index in [1.165, 1.54) is 0 Å². The molecule has 0 amide bonds. The second-order valence-electron chi connectivity index (χ2n) is 11.5. The van der Waals surface area contributed by atoms with Crippen LogP contribution in [-0.2, 0) is 44.6 Å². The van der Waals surface area contributed by atoms with E-state index in [9.17, 15) is 0 Å². The molecule has 6 fully saturated rings. The van der Waals surface area contributed by atoms with Crippen LogP contribution in [0.5, 0.6) is 0 Å². The van der Waals surface area contributed by atoms with Gasteiger partial charge in [-0.3, -0.25) is 9.80 Å². The average molecular weight is 537 g/mol. The Hall–Kier alpha value is -1.92. The Morgan fingerprint density at radius 1 is 0.513 bits per heavy atom. The van der Waals surface area contributed by atoms with Crippen molar-refractivity contribution in [3.8, 4) is 0 Å². The van der Waals surface area contributed by atoms with E-state index in [-0.39, 0.29) is 36.6 Å². The Kier molecular flexibility index (Phi) is 6.29. The van der Waals surface area contributed by atoms with E-state index in [0.717, 1.165) is 63.7 Å². The maximum Gasteiger partial charge on any atom is 0.179 e. The molecule has 6 saturated heterocycles. The van der Waals surface area contributed by atoms with Gasteiger partial charge in [0.15, 0.2) is 11.4 Å². The topological polar surface area (TPSA) is 90.9 Å². The largest absolute Gasteiger partial charge is 0.372 e. The first-order chi connectivity index (χ1) is 19.2. The van der Waals surface area contributed by atoms with Crippen molar-refractivity contribution in [1.29, 1.82) is 0 Å². The standard InChI is InChI=1S/C30H36N2O7/c1-3-7-21(8-4-1)29(27-19-37-27,31(11-23-15-33-23)12-24-16-34-24)39-30(28-20-38-28,22-9-5-2-6-10-22)32(13-25-17-35-25)14-26-18-36-26/h1-10,23-28H,11-20H2. The molecule has 208 valence electrons. The molecule has 8 atom stereocenters. The summed E-state index contributed by atoms with van der Waals surface area (Å²) in [4.78, 5) is 4.85. The van der Waals surface area contributed by atoms with Crippen LogP contribution >= 0.6 is 0 Å². The van der Waals surface area contributed by atoms with E-state index in [4.69, 9.17) is 33.2 Å². The average Bonchev–Trinajstić information content (AvgIpc) is 3.77. The highest BCUT2D eigenvalue weighted by molar-refractivity contribution is 5.31. The molecule has 0 bridgehead atoms. The van der Waals surface area contributed by atoms with Crippen LogP contribution in [0.1, 0.15) is 11.1 Å².